The number of carbonyl (C=O) groups excluding carboxylic acids is 2. The lowest BCUT2D eigenvalue weighted by molar-refractivity contribution is -0.120. The third-order valence-corrected chi connectivity index (χ3v) is 6.03. The van der Waals surface area contributed by atoms with E-state index in [-0.39, 0.29) is 28.9 Å². The van der Waals surface area contributed by atoms with Crippen LogP contribution < -0.4 is 10.2 Å². The van der Waals surface area contributed by atoms with Gasteiger partial charge >= 0.3 is 0 Å². The Bertz CT molecular complexity index is 1050. The number of methoxy groups -OCH3 is 1. The molecule has 1 heterocycles. The van der Waals surface area contributed by atoms with Crippen LogP contribution in [-0.4, -0.2) is 18.7 Å². The second-order valence-electron chi connectivity index (χ2n) is 8.32. The Balaban J connectivity index is 2.86. The van der Waals surface area contributed by atoms with Crippen LogP contribution in [0.1, 0.15) is 64.9 Å². The molecule has 0 unspecified atom stereocenters. The summed E-state index contributed by atoms with van der Waals surface area (Å²) in [6.07, 6.45) is 4.19. The maximum atomic E-state index is 12.9. The molecule has 0 saturated carbocycles. The first-order chi connectivity index (χ1) is 13.9. The van der Waals surface area contributed by atoms with Gasteiger partial charge in [-0.3, -0.25) is 14.4 Å². The Kier molecular flexibility index (Phi) is 6.75. The summed E-state index contributed by atoms with van der Waals surface area (Å²) >= 11 is 0. The molecule has 1 aliphatic rings. The molecule has 0 N–H and O–H groups in total. The summed E-state index contributed by atoms with van der Waals surface area (Å²) in [6.45, 7) is 14.5. The van der Waals surface area contributed by atoms with Crippen LogP contribution >= 0.6 is 0 Å². The van der Waals surface area contributed by atoms with Crippen molar-refractivity contribution < 1.29 is 18.7 Å². The Labute approximate surface area is 178 Å². The molecule has 1 aromatic heterocycles. The van der Waals surface area contributed by atoms with Gasteiger partial charge in [0.2, 0.25) is 0 Å². The fourth-order valence-electron chi connectivity index (χ4n) is 4.54. The Morgan fingerprint density at radius 3 is 2.33 bits per heavy atom. The van der Waals surface area contributed by atoms with Crippen LogP contribution in [-0.2, 0) is 15.0 Å². The first-order valence-electron chi connectivity index (χ1n) is 10.3. The van der Waals surface area contributed by atoms with Gasteiger partial charge in [-0.15, -0.1) is 0 Å². The average Bonchev–Trinajstić information content (AvgIpc) is 2.69. The Hall–Kier alpha value is -2.69. The van der Waals surface area contributed by atoms with E-state index < -0.39 is 5.41 Å². The second-order valence-corrected chi connectivity index (χ2v) is 8.32. The zero-order chi connectivity index (χ0) is 23.0. The normalized spacial score (nSPS) is 20.9. The molecule has 2 atom stereocenters. The molecule has 0 radical (unpaired) electrons. The molecule has 0 amide bonds. The highest BCUT2D eigenvalue weighted by atomic mass is 16.6. The van der Waals surface area contributed by atoms with Gasteiger partial charge in [-0.25, -0.2) is 0 Å². The third-order valence-electron chi connectivity index (χ3n) is 6.03. The molecule has 0 aromatic carbocycles. The number of hydrogen-bond donors (Lipinski definition) is 0. The minimum Gasteiger partial charge on any atom is -0.468 e. The van der Waals surface area contributed by atoms with Gasteiger partial charge in [0, 0.05) is 23.5 Å². The number of allylic oxidation sites excluding steroid dienone is 6. The summed E-state index contributed by atoms with van der Waals surface area (Å²) in [5, 5.41) is 0. The highest BCUT2D eigenvalue weighted by Crippen LogP contribution is 2.45. The molecule has 162 valence electrons. The van der Waals surface area contributed by atoms with E-state index in [9.17, 15) is 14.4 Å². The maximum absolute atomic E-state index is 12.9. The van der Waals surface area contributed by atoms with Gasteiger partial charge in [0.05, 0.1) is 18.1 Å². The van der Waals surface area contributed by atoms with Crippen molar-refractivity contribution in [3.8, 4) is 5.95 Å². The Morgan fingerprint density at radius 2 is 1.80 bits per heavy atom. The molecular weight excluding hydrogens is 380 g/mol. The standard InChI is InChI=1S/C25H32O5/c1-10-19(26)13(2)11-14(3)20-16(5)21(27)15(4)12-25(20,8)23-17(6)22(28)18(7)24(29-9)30-23/h11-13H,10H2,1-9H3/b14-11+/t13-,25-/m0/s1. The van der Waals surface area contributed by atoms with Crippen LogP contribution in [0.5, 0.6) is 5.95 Å². The van der Waals surface area contributed by atoms with Crippen LogP contribution in [0.15, 0.2) is 43.7 Å². The fourth-order valence-corrected chi connectivity index (χ4v) is 4.54. The molecule has 5 nitrogen and oxygen atoms in total. The van der Waals surface area contributed by atoms with Gasteiger partial charge < -0.3 is 9.15 Å². The maximum Gasteiger partial charge on any atom is 0.291 e. The molecule has 0 aliphatic heterocycles. The van der Waals surface area contributed by atoms with Crippen LogP contribution in [0.4, 0.5) is 0 Å². The zero-order valence-corrected chi connectivity index (χ0v) is 19.5. The summed E-state index contributed by atoms with van der Waals surface area (Å²) in [4.78, 5) is 37.9. The first-order valence-corrected chi connectivity index (χ1v) is 10.3. The topological polar surface area (TPSA) is 73.6 Å². The van der Waals surface area contributed by atoms with Gasteiger partial charge in [-0.05, 0) is 58.3 Å². The van der Waals surface area contributed by atoms with Crippen molar-refractivity contribution in [2.45, 2.75) is 67.2 Å². The summed E-state index contributed by atoms with van der Waals surface area (Å²) < 4.78 is 11.4. The van der Waals surface area contributed by atoms with Crippen LogP contribution in [0, 0.1) is 19.8 Å². The lowest BCUT2D eigenvalue weighted by atomic mass is 9.67. The number of Topliss-reactive ketones (excluding diaryl/α,β-unsaturated/α-hetero) is 2. The minimum absolute atomic E-state index is 0.0521. The molecule has 1 aliphatic carbocycles. The summed E-state index contributed by atoms with van der Waals surface area (Å²) in [7, 11) is 1.46. The van der Waals surface area contributed by atoms with Crippen molar-refractivity contribution in [3.05, 3.63) is 61.6 Å². The number of hydrogen-bond acceptors (Lipinski definition) is 5. The molecule has 0 bridgehead atoms. The highest BCUT2D eigenvalue weighted by molar-refractivity contribution is 6.10. The predicted octanol–water partition coefficient (Wildman–Crippen LogP) is 4.93. The molecule has 30 heavy (non-hydrogen) atoms. The fraction of sp³-hybridized carbons (Fsp3) is 0.480. The van der Waals surface area contributed by atoms with Gasteiger partial charge in [-0.1, -0.05) is 26.0 Å². The third kappa shape index (κ3) is 3.85. The number of ketones is 2. The highest BCUT2D eigenvalue weighted by Gasteiger charge is 2.41. The van der Waals surface area contributed by atoms with E-state index in [2.05, 4.69) is 0 Å². The van der Waals surface area contributed by atoms with Crippen LogP contribution in [0.3, 0.4) is 0 Å². The lowest BCUT2D eigenvalue weighted by Crippen LogP contribution is -2.33. The van der Waals surface area contributed by atoms with Crippen molar-refractivity contribution >= 4 is 11.6 Å². The summed E-state index contributed by atoms with van der Waals surface area (Å²) in [6, 6.07) is 0. The van der Waals surface area contributed by atoms with Crippen molar-refractivity contribution in [2.75, 3.05) is 7.11 Å². The smallest absolute Gasteiger partial charge is 0.291 e. The van der Waals surface area contributed by atoms with Crippen LogP contribution in [0.2, 0.25) is 0 Å². The number of carbonyl (C=O) groups is 2. The predicted molar refractivity (Wildman–Crippen MR) is 118 cm³/mol. The van der Waals surface area contributed by atoms with E-state index in [1.54, 1.807) is 27.7 Å². The molecular formula is C25H32O5. The van der Waals surface area contributed by atoms with Crippen LogP contribution in [0.25, 0.3) is 0 Å². The van der Waals surface area contributed by atoms with Gasteiger partial charge in [0.15, 0.2) is 11.2 Å². The zero-order valence-electron chi connectivity index (χ0n) is 19.5. The van der Waals surface area contributed by atoms with Crippen molar-refractivity contribution in [3.63, 3.8) is 0 Å². The van der Waals surface area contributed by atoms with E-state index >= 15 is 0 Å². The SMILES string of the molecule is CCC(=O)[C@@H](C)/C=C(\C)C1=C(C)C(=O)C(C)=C[C@]1(C)c1oc(OC)c(C)c(=O)c1C. The molecule has 5 heteroatoms. The molecule has 2 rings (SSSR count). The van der Waals surface area contributed by atoms with E-state index in [4.69, 9.17) is 9.15 Å². The average molecular weight is 413 g/mol. The van der Waals surface area contributed by atoms with Gasteiger partial charge in [-0.2, -0.15) is 0 Å². The monoisotopic (exact) mass is 412 g/mol. The van der Waals surface area contributed by atoms with Gasteiger partial charge in [0.25, 0.3) is 5.95 Å². The van der Waals surface area contributed by atoms with Crippen molar-refractivity contribution in [1.29, 1.82) is 0 Å². The number of rotatable bonds is 6. The number of ether oxygens (including phenoxy) is 1. The summed E-state index contributed by atoms with van der Waals surface area (Å²) in [5.74, 6) is 0.408. The molecule has 0 saturated heterocycles. The van der Waals surface area contributed by atoms with E-state index in [1.807, 2.05) is 39.8 Å². The molecule has 0 fully saturated rings. The minimum atomic E-state index is -0.859. The van der Waals surface area contributed by atoms with Gasteiger partial charge in [0.1, 0.15) is 11.5 Å². The van der Waals surface area contributed by atoms with Crippen molar-refractivity contribution in [2.24, 2.45) is 5.92 Å². The summed E-state index contributed by atoms with van der Waals surface area (Å²) in [5.41, 5.74) is 2.63. The first kappa shape index (κ1) is 23.6. The van der Waals surface area contributed by atoms with E-state index in [1.165, 1.54) is 7.11 Å². The molecule has 0 spiro atoms. The van der Waals surface area contributed by atoms with Crippen molar-refractivity contribution in [1.82, 2.24) is 0 Å². The molecule has 1 aromatic rings. The Morgan fingerprint density at radius 1 is 1.20 bits per heavy atom. The lowest BCUT2D eigenvalue weighted by Gasteiger charge is -2.35. The second kappa shape index (κ2) is 8.58. The quantitative estimate of drug-likeness (QED) is 0.662. The van der Waals surface area contributed by atoms with E-state index in [0.717, 1.165) is 11.1 Å². The van der Waals surface area contributed by atoms with E-state index in [0.29, 0.717) is 34.5 Å². The largest absolute Gasteiger partial charge is 0.468 e.